The Morgan fingerprint density at radius 3 is 2.34 bits per heavy atom. The normalized spacial score (nSPS) is 27.6. The number of hydrogen-bond donors (Lipinski definition) is 0. The van der Waals surface area contributed by atoms with Crippen LogP contribution in [0.1, 0.15) is 32.8 Å². The molecule has 8 heteroatoms. The number of carbonyl (C=O) groups excluding carboxylic acids is 2. The predicted molar refractivity (Wildman–Crippen MR) is 116 cm³/mol. The molecule has 0 unspecified atom stereocenters. The lowest BCUT2D eigenvalue weighted by atomic mass is 9.85. The number of hydrazone groups is 1. The predicted octanol–water partition coefficient (Wildman–Crippen LogP) is 4.54. The quantitative estimate of drug-likeness (QED) is 0.310. The van der Waals surface area contributed by atoms with Gasteiger partial charge >= 0.3 is 0 Å². The highest BCUT2D eigenvalue weighted by molar-refractivity contribution is 9.13. The van der Waals surface area contributed by atoms with Crippen LogP contribution in [0.4, 0.5) is 0 Å². The highest BCUT2D eigenvalue weighted by atomic mass is 79.9. The van der Waals surface area contributed by atoms with Crippen LogP contribution in [0.3, 0.4) is 0 Å². The molecule has 3 aliphatic rings. The van der Waals surface area contributed by atoms with E-state index in [2.05, 4.69) is 49.1 Å². The van der Waals surface area contributed by atoms with Crippen molar-refractivity contribution in [2.75, 3.05) is 6.61 Å². The van der Waals surface area contributed by atoms with E-state index < -0.39 is 0 Å². The Kier molecular flexibility index (Phi) is 5.59. The van der Waals surface area contributed by atoms with Crippen molar-refractivity contribution in [1.82, 2.24) is 5.01 Å². The fourth-order valence-electron chi connectivity index (χ4n) is 4.43. The Hall–Kier alpha value is -1.67. The second-order valence-electron chi connectivity index (χ2n) is 7.75. The van der Waals surface area contributed by atoms with Crippen molar-refractivity contribution in [2.45, 2.75) is 33.3 Å². The van der Waals surface area contributed by atoms with Gasteiger partial charge in [-0.2, -0.15) is 10.1 Å². The van der Waals surface area contributed by atoms with Crippen molar-refractivity contribution < 1.29 is 19.1 Å². The van der Waals surface area contributed by atoms with Crippen molar-refractivity contribution in [3.05, 3.63) is 32.7 Å². The zero-order valence-corrected chi connectivity index (χ0v) is 19.6. The average molecular weight is 526 g/mol. The van der Waals surface area contributed by atoms with Crippen LogP contribution in [0.2, 0.25) is 0 Å². The fraction of sp³-hybridized carbons (Fsp3) is 0.476. The summed E-state index contributed by atoms with van der Waals surface area (Å²) in [6.45, 7) is 6.25. The van der Waals surface area contributed by atoms with E-state index in [1.54, 1.807) is 6.07 Å². The molecule has 4 rings (SSSR count). The first-order valence-electron chi connectivity index (χ1n) is 9.75. The van der Waals surface area contributed by atoms with E-state index in [9.17, 15) is 9.59 Å². The number of fused-ring (bicyclic) bond motifs is 5. The summed E-state index contributed by atoms with van der Waals surface area (Å²) >= 11 is 7.10. The third-order valence-electron chi connectivity index (χ3n) is 5.57. The first-order valence-corrected chi connectivity index (χ1v) is 11.3. The fourth-order valence-corrected chi connectivity index (χ4v) is 5.34. The second kappa shape index (κ2) is 7.87. The maximum absolute atomic E-state index is 12.8. The molecule has 29 heavy (non-hydrogen) atoms. The lowest BCUT2D eigenvalue weighted by Gasteiger charge is -2.18. The van der Waals surface area contributed by atoms with Gasteiger partial charge in [-0.15, -0.1) is 0 Å². The van der Waals surface area contributed by atoms with E-state index in [1.807, 2.05) is 20.8 Å². The summed E-state index contributed by atoms with van der Waals surface area (Å²) in [5.74, 6) is 0.573. The maximum atomic E-state index is 12.8. The third-order valence-corrected chi connectivity index (χ3v) is 7.71. The van der Waals surface area contributed by atoms with Crippen molar-refractivity contribution in [2.24, 2.45) is 28.8 Å². The van der Waals surface area contributed by atoms with Crippen LogP contribution in [-0.4, -0.2) is 35.7 Å². The number of allylic oxidation sites excluding steroid dienone is 2. The number of benzene rings is 1. The van der Waals surface area contributed by atoms with E-state index in [0.29, 0.717) is 32.6 Å². The largest absolute Gasteiger partial charge is 0.490 e. The number of halogens is 2. The van der Waals surface area contributed by atoms with Crippen LogP contribution in [0.25, 0.3) is 0 Å². The number of amides is 2. The zero-order valence-electron chi connectivity index (χ0n) is 16.4. The standard InChI is InChI=1S/C21H22Br2N2O4/c1-4-28-14-8-13(17(22)18(23)19(14)29-10(2)3)9-24-25-20(26)15-11-5-6-12(7-11)16(15)21(25)27/h5-6,8-12,15-16H,4,7H2,1-3H3/t11-,12-,15-,16+/m0/s1. The van der Waals surface area contributed by atoms with E-state index in [1.165, 1.54) is 6.21 Å². The first-order chi connectivity index (χ1) is 13.8. The number of nitrogens with zero attached hydrogens (tertiary/aromatic N) is 2. The molecule has 0 N–H and O–H groups in total. The van der Waals surface area contributed by atoms with Gasteiger partial charge in [-0.05, 0) is 77.0 Å². The van der Waals surface area contributed by atoms with Gasteiger partial charge in [0.05, 0.1) is 35.2 Å². The van der Waals surface area contributed by atoms with Gasteiger partial charge < -0.3 is 9.47 Å². The van der Waals surface area contributed by atoms with E-state index in [0.717, 1.165) is 11.4 Å². The molecule has 1 aliphatic heterocycles. The van der Waals surface area contributed by atoms with Gasteiger partial charge in [0.25, 0.3) is 11.8 Å². The number of carbonyl (C=O) groups is 2. The van der Waals surface area contributed by atoms with E-state index in [4.69, 9.17) is 9.47 Å². The highest BCUT2D eigenvalue weighted by Gasteiger charge is 2.59. The van der Waals surface area contributed by atoms with Crippen LogP contribution in [0.15, 0.2) is 32.3 Å². The molecule has 2 aliphatic carbocycles. The molecule has 4 atom stereocenters. The molecule has 154 valence electrons. The molecule has 1 saturated heterocycles. The Morgan fingerprint density at radius 1 is 1.17 bits per heavy atom. The van der Waals surface area contributed by atoms with Gasteiger partial charge in [-0.1, -0.05) is 12.2 Å². The van der Waals surface area contributed by atoms with Crippen molar-refractivity contribution in [3.63, 3.8) is 0 Å². The number of ether oxygens (including phenoxy) is 2. The van der Waals surface area contributed by atoms with Crippen molar-refractivity contribution in [3.8, 4) is 11.5 Å². The van der Waals surface area contributed by atoms with Gasteiger partial charge in [0.2, 0.25) is 0 Å². The SMILES string of the molecule is CCOc1cc(C=NN2C(=O)[C@@H]3[C@H](C2=O)[C@H]2C=C[C@H]3C2)c(Br)c(Br)c1OC(C)C. The molecule has 1 saturated carbocycles. The Balaban J connectivity index is 1.63. The summed E-state index contributed by atoms with van der Waals surface area (Å²) < 4.78 is 13.0. The second-order valence-corrected chi connectivity index (χ2v) is 9.34. The van der Waals surface area contributed by atoms with E-state index in [-0.39, 0.29) is 41.6 Å². The monoisotopic (exact) mass is 524 g/mol. The molecular formula is C21H22Br2N2O4. The highest BCUT2D eigenvalue weighted by Crippen LogP contribution is 2.52. The summed E-state index contributed by atoms with van der Waals surface area (Å²) in [4.78, 5) is 25.6. The molecule has 6 nitrogen and oxygen atoms in total. The molecular weight excluding hydrogens is 504 g/mol. The number of hydrogen-bond acceptors (Lipinski definition) is 5. The summed E-state index contributed by atoms with van der Waals surface area (Å²) in [5, 5.41) is 5.31. The minimum Gasteiger partial charge on any atom is -0.490 e. The zero-order chi connectivity index (χ0) is 20.9. The molecule has 1 aromatic carbocycles. The maximum Gasteiger partial charge on any atom is 0.254 e. The molecule has 2 bridgehead atoms. The van der Waals surface area contributed by atoms with Crippen LogP contribution in [0, 0.1) is 23.7 Å². The van der Waals surface area contributed by atoms with Crippen LogP contribution in [0.5, 0.6) is 11.5 Å². The molecule has 0 spiro atoms. The van der Waals surface area contributed by atoms with Crippen LogP contribution in [-0.2, 0) is 9.59 Å². The van der Waals surface area contributed by atoms with Gasteiger partial charge in [-0.3, -0.25) is 9.59 Å². The van der Waals surface area contributed by atoms with Crippen LogP contribution >= 0.6 is 31.9 Å². The number of rotatable bonds is 6. The van der Waals surface area contributed by atoms with Gasteiger partial charge in [-0.25, -0.2) is 0 Å². The Labute approximate surface area is 186 Å². The molecule has 0 radical (unpaired) electrons. The summed E-state index contributed by atoms with van der Waals surface area (Å²) in [7, 11) is 0. The first kappa shape index (κ1) is 20.6. The van der Waals surface area contributed by atoms with Crippen molar-refractivity contribution in [1.29, 1.82) is 0 Å². The Morgan fingerprint density at radius 2 is 1.79 bits per heavy atom. The minimum absolute atomic E-state index is 0.0276. The summed E-state index contributed by atoms with van der Waals surface area (Å²) in [6.07, 6.45) is 6.53. The molecule has 0 aromatic heterocycles. The smallest absolute Gasteiger partial charge is 0.254 e. The molecule has 2 fully saturated rings. The summed E-state index contributed by atoms with van der Waals surface area (Å²) in [6, 6.07) is 1.79. The third kappa shape index (κ3) is 3.44. The Bertz CT molecular complexity index is 898. The lowest BCUT2D eigenvalue weighted by molar-refractivity contribution is -0.140. The molecule has 2 amide bonds. The van der Waals surface area contributed by atoms with Crippen molar-refractivity contribution >= 4 is 49.9 Å². The van der Waals surface area contributed by atoms with Gasteiger partial charge in [0.1, 0.15) is 0 Å². The minimum atomic E-state index is -0.259. The van der Waals surface area contributed by atoms with Crippen LogP contribution < -0.4 is 9.47 Å². The van der Waals surface area contributed by atoms with E-state index >= 15 is 0 Å². The van der Waals surface area contributed by atoms with Gasteiger partial charge in [0.15, 0.2) is 11.5 Å². The topological polar surface area (TPSA) is 68.2 Å². The van der Waals surface area contributed by atoms with Gasteiger partial charge in [0, 0.05) is 10.0 Å². The number of imide groups is 1. The molecule has 1 aromatic rings. The molecule has 1 heterocycles. The lowest BCUT2D eigenvalue weighted by Crippen LogP contribution is -2.28. The average Bonchev–Trinajstić information content (AvgIpc) is 3.35. The summed E-state index contributed by atoms with van der Waals surface area (Å²) in [5.41, 5.74) is 0.676.